The maximum absolute atomic E-state index is 13.8. The molecule has 2 N–H and O–H groups in total. The van der Waals surface area contributed by atoms with E-state index in [4.69, 9.17) is 32.1 Å². The van der Waals surface area contributed by atoms with Crippen molar-refractivity contribution in [2.45, 2.75) is 111 Å². The lowest BCUT2D eigenvalue weighted by molar-refractivity contribution is -0.134. The summed E-state index contributed by atoms with van der Waals surface area (Å²) in [5.74, 6) is -0.304. The maximum atomic E-state index is 13.8. The van der Waals surface area contributed by atoms with Crippen molar-refractivity contribution in [3.63, 3.8) is 0 Å². The molecule has 2 aromatic carbocycles. The van der Waals surface area contributed by atoms with Gasteiger partial charge in [-0.05, 0) is 54.8 Å². The molecule has 0 radical (unpaired) electrons. The molecule has 0 saturated carbocycles. The quantitative estimate of drug-likeness (QED) is 0.0292. The van der Waals surface area contributed by atoms with Crippen LogP contribution in [0.4, 0.5) is 0 Å². The zero-order valence-corrected chi connectivity index (χ0v) is 33.6. The fourth-order valence-electron chi connectivity index (χ4n) is 5.46. The van der Waals surface area contributed by atoms with Gasteiger partial charge in [0.25, 0.3) is 5.56 Å². The van der Waals surface area contributed by atoms with Crippen molar-refractivity contribution in [1.82, 2.24) is 9.55 Å². The third kappa shape index (κ3) is 15.5. The van der Waals surface area contributed by atoms with Crippen LogP contribution >= 0.6 is 15.6 Å². The number of esters is 2. The van der Waals surface area contributed by atoms with Gasteiger partial charge in [-0.15, -0.1) is 0 Å². The molecule has 0 fully saturated rings. The van der Waals surface area contributed by atoms with E-state index >= 15 is 0 Å². The first-order valence-corrected chi connectivity index (χ1v) is 21.5. The number of phosphoric acid groups is 2. The largest absolute Gasteiger partial charge is 0.484 e. The number of rotatable bonds is 24. The molecule has 4 atom stereocenters. The Morgan fingerprint density at radius 1 is 0.804 bits per heavy atom. The van der Waals surface area contributed by atoms with Crippen LogP contribution in [-0.4, -0.2) is 39.1 Å². The molecule has 0 saturated heterocycles. The van der Waals surface area contributed by atoms with Gasteiger partial charge in [-0.3, -0.25) is 37.5 Å². The van der Waals surface area contributed by atoms with Crippen LogP contribution in [0.5, 0.6) is 11.5 Å². The molecule has 16 nitrogen and oxygen atoms in total. The van der Waals surface area contributed by atoms with Crippen molar-refractivity contribution >= 4 is 27.6 Å². The number of phosphoric ester groups is 2. The predicted octanol–water partition coefficient (Wildman–Crippen LogP) is 7.73. The fourth-order valence-corrected chi connectivity index (χ4v) is 8.06. The van der Waals surface area contributed by atoms with Crippen LogP contribution in [0, 0.1) is 6.92 Å². The van der Waals surface area contributed by atoms with Crippen molar-refractivity contribution < 1.29 is 55.7 Å². The number of nitrogens with zero attached hydrogens (tertiary/aromatic N) is 1. The van der Waals surface area contributed by atoms with Gasteiger partial charge in [-0.2, -0.15) is 4.31 Å². The average Bonchev–Trinajstić information content (AvgIpc) is 3.63. The number of ether oxygens (including phenoxy) is 3. The predicted molar refractivity (Wildman–Crippen MR) is 205 cm³/mol. The minimum absolute atomic E-state index is 0.258. The zero-order chi connectivity index (χ0) is 40.6. The van der Waals surface area contributed by atoms with Gasteiger partial charge < -0.3 is 19.1 Å². The van der Waals surface area contributed by atoms with Gasteiger partial charge in [0.05, 0.1) is 19.8 Å². The molecule has 0 aliphatic carbocycles. The van der Waals surface area contributed by atoms with Gasteiger partial charge in [-0.25, -0.2) is 13.9 Å². The smallest absolute Gasteiger partial charge is 0.427 e. The third-order valence-electron chi connectivity index (χ3n) is 8.43. The number of nitrogens with one attached hydrogen (secondary N) is 1. The van der Waals surface area contributed by atoms with Crippen molar-refractivity contribution in [2.24, 2.45) is 0 Å². The van der Waals surface area contributed by atoms with Gasteiger partial charge in [0.15, 0.2) is 6.23 Å². The molecule has 3 unspecified atom stereocenters. The van der Waals surface area contributed by atoms with Gasteiger partial charge >= 0.3 is 33.3 Å². The number of H-pyrrole nitrogens is 1. The first kappa shape index (κ1) is 44.7. The molecular formula is C38H50N2O14P2. The molecule has 306 valence electrons. The van der Waals surface area contributed by atoms with Crippen LogP contribution < -0.4 is 20.7 Å². The monoisotopic (exact) mass is 820 g/mol. The highest BCUT2D eigenvalue weighted by Crippen LogP contribution is 2.64. The highest BCUT2D eigenvalue weighted by atomic mass is 31.3. The van der Waals surface area contributed by atoms with E-state index in [1.807, 2.05) is 0 Å². The average molecular weight is 821 g/mol. The van der Waals surface area contributed by atoms with Crippen LogP contribution in [-0.2, 0) is 54.6 Å². The number of hydrogen-bond donors (Lipinski definition) is 2. The van der Waals surface area contributed by atoms with Crippen LogP contribution in [0.2, 0.25) is 0 Å². The molecule has 2 heterocycles. The third-order valence-corrected chi connectivity index (χ3v) is 11.4. The molecule has 0 spiro atoms. The Bertz CT molecular complexity index is 1980. The van der Waals surface area contributed by atoms with Crippen LogP contribution in [0.15, 0.2) is 76.5 Å². The Morgan fingerprint density at radius 2 is 1.36 bits per heavy atom. The summed E-state index contributed by atoms with van der Waals surface area (Å²) in [7, 11) is -10.0. The summed E-state index contributed by atoms with van der Waals surface area (Å²) in [6.45, 7) is 3.59. The zero-order valence-electron chi connectivity index (χ0n) is 31.8. The molecule has 1 aliphatic rings. The second-order valence-corrected chi connectivity index (χ2v) is 16.5. The van der Waals surface area contributed by atoms with Gasteiger partial charge in [0.1, 0.15) is 17.6 Å². The van der Waals surface area contributed by atoms with E-state index < -0.39 is 65.0 Å². The molecule has 1 aromatic heterocycles. The normalized spacial score (nSPS) is 17.3. The summed E-state index contributed by atoms with van der Waals surface area (Å²) in [6.07, 6.45) is 12.9. The number of aromatic nitrogens is 2. The molecule has 0 bridgehead atoms. The summed E-state index contributed by atoms with van der Waals surface area (Å²) >= 11 is 0. The minimum atomic E-state index is -5.15. The molecule has 56 heavy (non-hydrogen) atoms. The molecule has 4 rings (SSSR count). The maximum Gasteiger partial charge on any atom is 0.484 e. The van der Waals surface area contributed by atoms with E-state index in [9.17, 15) is 33.2 Å². The first-order chi connectivity index (χ1) is 26.7. The van der Waals surface area contributed by atoms with E-state index in [1.54, 1.807) is 12.1 Å². The summed E-state index contributed by atoms with van der Waals surface area (Å²) in [5, 5.41) is 0. The Morgan fingerprint density at radius 3 is 1.93 bits per heavy atom. The lowest BCUT2D eigenvalue weighted by Crippen LogP contribution is -2.33. The van der Waals surface area contributed by atoms with Gasteiger partial charge in [-0.1, -0.05) is 88.6 Å². The van der Waals surface area contributed by atoms with Crippen molar-refractivity contribution in [1.29, 1.82) is 0 Å². The molecular weight excluding hydrogens is 770 g/mol. The molecule has 18 heteroatoms. The highest BCUT2D eigenvalue weighted by molar-refractivity contribution is 7.61. The topological polar surface area (TPSA) is 208 Å². The Balaban J connectivity index is 1.32. The highest BCUT2D eigenvalue weighted by Gasteiger charge is 2.39. The number of hydrogen-bond acceptors (Lipinski definition) is 13. The summed E-state index contributed by atoms with van der Waals surface area (Å²) < 4.78 is 65.2. The molecule has 3 aromatic rings. The SMILES string of the molecule is CCCCCCCCCCCC(=O)Oc1ccc(COP(=O)(OCc2ccc(OC(C)=O)cc2)OP(=O)(O)OCC2C=C[C@H](n3cc(C)c(=O)[nH]c3=O)O2)cc1. The summed E-state index contributed by atoms with van der Waals surface area (Å²) in [6, 6.07) is 12.2. The summed E-state index contributed by atoms with van der Waals surface area (Å²) in [5.41, 5.74) is -0.122. The number of benzene rings is 2. The van der Waals surface area contributed by atoms with Crippen molar-refractivity contribution in [2.75, 3.05) is 6.61 Å². The van der Waals surface area contributed by atoms with E-state index in [0.29, 0.717) is 23.3 Å². The lowest BCUT2D eigenvalue weighted by atomic mass is 10.1. The minimum Gasteiger partial charge on any atom is -0.427 e. The standard InChI is InChI=1S/C38H50N2O14P2/c1-4-5-6-7-8-9-10-11-12-13-36(42)53-33-20-16-31(17-21-33)26-50-56(47,49-25-30-14-18-32(19-15-30)51-29(3)41)54-55(45,46)48-27-34-22-23-35(52-34)40-24-28(2)37(43)39-38(40)44/h14-24,34-35H,4-13,25-27H2,1-3H3,(H,45,46)(H,39,43,44)/t34?,35-,56?/m1/s1. The number of carbonyl (C=O) groups excluding carboxylic acids is 2. The van der Waals surface area contributed by atoms with Crippen LogP contribution in [0.1, 0.15) is 101 Å². The van der Waals surface area contributed by atoms with Crippen LogP contribution in [0.3, 0.4) is 0 Å². The van der Waals surface area contributed by atoms with E-state index in [2.05, 4.69) is 11.9 Å². The fraction of sp³-hybridized carbons (Fsp3) is 0.474. The second kappa shape index (κ2) is 22.1. The number of aromatic amines is 1. The van der Waals surface area contributed by atoms with Gasteiger partial charge in [0, 0.05) is 25.1 Å². The Kier molecular flexibility index (Phi) is 17.6. The first-order valence-electron chi connectivity index (χ1n) is 18.5. The molecule has 1 aliphatic heterocycles. The number of carbonyl (C=O) groups is 2. The van der Waals surface area contributed by atoms with Crippen molar-refractivity contribution in [3.05, 3.63) is 104 Å². The van der Waals surface area contributed by atoms with E-state index in [-0.39, 0.29) is 17.3 Å². The number of unbranched alkanes of at least 4 members (excludes halogenated alkanes) is 8. The number of aryl methyl sites for hydroxylation is 1. The Labute approximate surface area is 325 Å². The summed E-state index contributed by atoms with van der Waals surface area (Å²) in [4.78, 5) is 60.4. The van der Waals surface area contributed by atoms with E-state index in [0.717, 1.165) is 30.3 Å². The van der Waals surface area contributed by atoms with E-state index in [1.165, 1.54) is 101 Å². The van der Waals surface area contributed by atoms with Crippen molar-refractivity contribution in [3.8, 4) is 11.5 Å². The lowest BCUT2D eigenvalue weighted by Gasteiger charge is -2.22. The van der Waals surface area contributed by atoms with Crippen LogP contribution in [0.25, 0.3) is 0 Å². The molecule has 0 amide bonds. The second-order valence-electron chi connectivity index (χ2n) is 13.2. The Hall–Kier alpha value is -3.98. The van der Waals surface area contributed by atoms with Gasteiger partial charge in [0.2, 0.25) is 0 Å².